The molecule has 2 heteroatoms. The van der Waals surface area contributed by atoms with Crippen molar-refractivity contribution in [3.8, 4) is 0 Å². The molecule has 0 radical (unpaired) electrons. The predicted octanol–water partition coefficient (Wildman–Crippen LogP) is 3.67. The average molecular weight is 334 g/mol. The summed E-state index contributed by atoms with van der Waals surface area (Å²) >= 11 is 0. The van der Waals surface area contributed by atoms with Crippen molar-refractivity contribution in [2.24, 2.45) is 0 Å². The zero-order chi connectivity index (χ0) is 17.0. The summed E-state index contributed by atoms with van der Waals surface area (Å²) in [7, 11) is 2.63. The molecule has 0 atom stereocenters. The van der Waals surface area contributed by atoms with E-state index in [4.69, 9.17) is 0 Å². The Morgan fingerprint density at radius 2 is 1.12 bits per heavy atom. The van der Waals surface area contributed by atoms with E-state index in [0.29, 0.717) is 0 Å². The number of hydrogen-bond acceptors (Lipinski definition) is 1. The van der Waals surface area contributed by atoms with E-state index < -0.39 is 7.26 Å². The number of hydrogen-bond donors (Lipinski definition) is 0. The van der Waals surface area contributed by atoms with E-state index in [9.17, 15) is 0 Å². The Morgan fingerprint density at radius 1 is 0.667 bits per heavy atom. The normalized spacial score (nSPS) is 11.7. The fourth-order valence-corrected chi connectivity index (χ4v) is 6.80. The molecule has 0 aromatic heterocycles. The Balaban J connectivity index is 2.24. The van der Waals surface area contributed by atoms with Gasteiger partial charge in [0.25, 0.3) is 0 Å². The van der Waals surface area contributed by atoms with Crippen molar-refractivity contribution in [2.45, 2.75) is 6.54 Å². The van der Waals surface area contributed by atoms with Gasteiger partial charge in [-0.15, -0.1) is 0 Å². The Morgan fingerprint density at radius 3 is 1.62 bits per heavy atom. The molecule has 0 spiro atoms. The minimum atomic E-state index is -1.65. The maximum atomic E-state index is 2.45. The van der Waals surface area contributed by atoms with Crippen LogP contribution in [-0.4, -0.2) is 25.7 Å². The second-order valence-corrected chi connectivity index (χ2v) is 10.1. The molecule has 0 amide bonds. The van der Waals surface area contributed by atoms with Crippen LogP contribution >= 0.6 is 7.26 Å². The molecule has 0 saturated carbocycles. The molecular formula is C22H25NP+. The van der Waals surface area contributed by atoms with Crippen molar-refractivity contribution >= 4 is 23.2 Å². The van der Waals surface area contributed by atoms with Gasteiger partial charge < -0.3 is 4.90 Å². The number of nitrogens with zero attached hydrogens (tertiary/aromatic N) is 1. The molecule has 0 N–H and O–H groups in total. The lowest BCUT2D eigenvalue weighted by molar-refractivity contribution is 0.403. The standard InChI is InChI=1S/C22H25NP/c1-23(2)18-19-12-10-11-17-22(19)24(3,20-13-6-4-7-14-20)21-15-8-5-9-16-21/h4-17H,18H2,1-3H3/q+1. The molecule has 3 rings (SSSR count). The van der Waals surface area contributed by atoms with E-state index in [2.05, 4.69) is 111 Å². The van der Waals surface area contributed by atoms with E-state index in [1.807, 2.05) is 0 Å². The topological polar surface area (TPSA) is 3.24 Å². The third-order valence-electron chi connectivity index (χ3n) is 4.51. The molecule has 0 unspecified atom stereocenters. The average Bonchev–Trinajstić information content (AvgIpc) is 2.62. The zero-order valence-electron chi connectivity index (χ0n) is 14.7. The molecule has 0 aliphatic rings. The summed E-state index contributed by atoms with van der Waals surface area (Å²) in [5.41, 5.74) is 1.42. The summed E-state index contributed by atoms with van der Waals surface area (Å²) in [5.74, 6) is 0. The molecule has 122 valence electrons. The first-order chi connectivity index (χ1) is 11.6. The van der Waals surface area contributed by atoms with Crippen LogP contribution in [0.25, 0.3) is 0 Å². The second kappa shape index (κ2) is 7.30. The fourth-order valence-electron chi connectivity index (χ4n) is 3.30. The highest BCUT2D eigenvalue weighted by Gasteiger charge is 2.41. The van der Waals surface area contributed by atoms with Gasteiger partial charge in [0.1, 0.15) is 23.2 Å². The zero-order valence-corrected chi connectivity index (χ0v) is 15.6. The number of rotatable bonds is 5. The molecule has 1 nitrogen and oxygen atoms in total. The van der Waals surface area contributed by atoms with Gasteiger partial charge in [-0.25, -0.2) is 0 Å². The van der Waals surface area contributed by atoms with Crippen LogP contribution in [0.1, 0.15) is 5.56 Å². The lowest BCUT2D eigenvalue weighted by Gasteiger charge is -2.26. The van der Waals surface area contributed by atoms with Gasteiger partial charge in [-0.05, 0) is 44.4 Å². The highest BCUT2D eigenvalue weighted by Crippen LogP contribution is 2.52. The Kier molecular flexibility index (Phi) is 5.14. The van der Waals surface area contributed by atoms with Gasteiger partial charge >= 0.3 is 0 Å². The first kappa shape index (κ1) is 16.9. The summed E-state index contributed by atoms with van der Waals surface area (Å²) in [5, 5.41) is 4.35. The van der Waals surface area contributed by atoms with Crippen LogP contribution in [0.5, 0.6) is 0 Å². The van der Waals surface area contributed by atoms with E-state index >= 15 is 0 Å². The van der Waals surface area contributed by atoms with Crippen LogP contribution in [0.4, 0.5) is 0 Å². The van der Waals surface area contributed by atoms with Gasteiger partial charge in [0.05, 0.1) is 6.66 Å². The summed E-state index contributed by atoms with van der Waals surface area (Å²) < 4.78 is 0. The highest BCUT2D eigenvalue weighted by atomic mass is 31.2. The minimum absolute atomic E-state index is 0.964. The summed E-state index contributed by atoms with van der Waals surface area (Å²) in [6.07, 6.45) is 0. The van der Waals surface area contributed by atoms with E-state index in [1.165, 1.54) is 21.5 Å². The molecule has 0 heterocycles. The Labute approximate surface area is 146 Å². The second-order valence-electron chi connectivity index (χ2n) is 6.54. The van der Waals surface area contributed by atoms with Crippen LogP contribution in [0, 0.1) is 0 Å². The molecule has 3 aromatic rings. The quantitative estimate of drug-likeness (QED) is 0.644. The molecule has 0 aliphatic carbocycles. The summed E-state index contributed by atoms with van der Waals surface area (Å²) in [6.45, 7) is 3.41. The third kappa shape index (κ3) is 3.29. The molecule has 0 aliphatic heterocycles. The maximum Gasteiger partial charge on any atom is 0.109 e. The smallest absolute Gasteiger partial charge is 0.109 e. The summed E-state index contributed by atoms with van der Waals surface area (Å²) in [4.78, 5) is 2.25. The molecule has 0 saturated heterocycles. The van der Waals surface area contributed by atoms with Crippen molar-refractivity contribution in [2.75, 3.05) is 20.8 Å². The van der Waals surface area contributed by atoms with E-state index in [1.54, 1.807) is 0 Å². The number of benzene rings is 3. The van der Waals surface area contributed by atoms with E-state index in [0.717, 1.165) is 6.54 Å². The lowest BCUT2D eigenvalue weighted by Crippen LogP contribution is -2.33. The lowest BCUT2D eigenvalue weighted by atomic mass is 10.2. The first-order valence-corrected chi connectivity index (χ1v) is 10.6. The maximum absolute atomic E-state index is 2.45. The summed E-state index contributed by atoms with van der Waals surface area (Å²) in [6, 6.07) is 30.9. The van der Waals surface area contributed by atoms with Crippen molar-refractivity contribution in [3.63, 3.8) is 0 Å². The largest absolute Gasteiger partial charge is 0.305 e. The molecule has 24 heavy (non-hydrogen) atoms. The van der Waals surface area contributed by atoms with Crippen molar-refractivity contribution in [1.29, 1.82) is 0 Å². The first-order valence-electron chi connectivity index (χ1n) is 8.33. The van der Waals surface area contributed by atoms with Gasteiger partial charge in [-0.1, -0.05) is 54.6 Å². The fraction of sp³-hybridized carbons (Fsp3) is 0.182. The Hall–Kier alpha value is -1.95. The highest BCUT2D eigenvalue weighted by molar-refractivity contribution is 7.95. The predicted molar refractivity (Wildman–Crippen MR) is 108 cm³/mol. The molecule has 0 fully saturated rings. The SMILES string of the molecule is CN(C)Cc1ccccc1[P+](C)(c1ccccc1)c1ccccc1. The van der Waals surface area contributed by atoms with Crippen LogP contribution in [0.3, 0.4) is 0 Å². The van der Waals surface area contributed by atoms with Gasteiger partial charge in [-0.3, -0.25) is 0 Å². The van der Waals surface area contributed by atoms with Gasteiger partial charge in [0.2, 0.25) is 0 Å². The van der Waals surface area contributed by atoms with Crippen molar-refractivity contribution < 1.29 is 0 Å². The van der Waals surface area contributed by atoms with E-state index in [-0.39, 0.29) is 0 Å². The van der Waals surface area contributed by atoms with Crippen molar-refractivity contribution in [3.05, 3.63) is 90.5 Å². The van der Waals surface area contributed by atoms with Gasteiger partial charge in [0.15, 0.2) is 0 Å². The third-order valence-corrected chi connectivity index (χ3v) is 8.57. The molecule has 0 bridgehead atoms. The van der Waals surface area contributed by atoms with Crippen LogP contribution < -0.4 is 15.9 Å². The van der Waals surface area contributed by atoms with Crippen LogP contribution in [0.2, 0.25) is 0 Å². The monoisotopic (exact) mass is 334 g/mol. The van der Waals surface area contributed by atoms with Gasteiger partial charge in [0, 0.05) is 12.1 Å². The van der Waals surface area contributed by atoms with Crippen molar-refractivity contribution in [1.82, 2.24) is 4.90 Å². The van der Waals surface area contributed by atoms with Crippen LogP contribution in [-0.2, 0) is 6.54 Å². The minimum Gasteiger partial charge on any atom is -0.305 e. The van der Waals surface area contributed by atoms with Gasteiger partial charge in [-0.2, -0.15) is 0 Å². The van der Waals surface area contributed by atoms with Crippen LogP contribution in [0.15, 0.2) is 84.9 Å². The molecular weight excluding hydrogens is 309 g/mol. The Bertz CT molecular complexity index is 742. The molecule has 3 aromatic carbocycles.